The van der Waals surface area contributed by atoms with Crippen molar-refractivity contribution < 1.29 is 0 Å². The molecule has 1 N–H and O–H groups in total. The minimum atomic E-state index is 0.444. The maximum absolute atomic E-state index is 5.84. The molecule has 0 spiro atoms. The first kappa shape index (κ1) is 12.1. The summed E-state index contributed by atoms with van der Waals surface area (Å²) in [4.78, 5) is 4.31. The Labute approximate surface area is 106 Å². The predicted molar refractivity (Wildman–Crippen MR) is 68.3 cm³/mol. The van der Waals surface area contributed by atoms with Gasteiger partial charge in [-0.1, -0.05) is 25.4 Å². The monoisotopic (exact) mass is 250 g/mol. The first-order valence-electron chi connectivity index (χ1n) is 5.54. The molecule has 0 saturated heterocycles. The molecule has 0 aliphatic rings. The van der Waals surface area contributed by atoms with Gasteiger partial charge in [0.15, 0.2) is 0 Å². The minimum absolute atomic E-state index is 0.444. The van der Waals surface area contributed by atoms with Gasteiger partial charge < -0.3 is 5.32 Å². The van der Waals surface area contributed by atoms with Gasteiger partial charge in [0.1, 0.15) is 0 Å². The lowest BCUT2D eigenvalue weighted by Crippen LogP contribution is -2.22. The first-order valence-corrected chi connectivity index (χ1v) is 5.92. The van der Waals surface area contributed by atoms with Crippen LogP contribution in [0.25, 0.3) is 5.69 Å². The zero-order valence-corrected chi connectivity index (χ0v) is 10.6. The summed E-state index contributed by atoms with van der Waals surface area (Å²) in [6.07, 6.45) is 5.17. The van der Waals surface area contributed by atoms with Crippen LogP contribution in [0.4, 0.5) is 0 Å². The van der Waals surface area contributed by atoms with Crippen molar-refractivity contribution in [1.82, 2.24) is 20.1 Å². The number of hydrogen-bond donors (Lipinski definition) is 1. The van der Waals surface area contributed by atoms with Gasteiger partial charge in [0, 0.05) is 25.0 Å². The Bertz CT molecular complexity index is 493. The van der Waals surface area contributed by atoms with Gasteiger partial charge in [-0.3, -0.25) is 4.98 Å². The topological polar surface area (TPSA) is 42.7 Å². The highest BCUT2D eigenvalue weighted by molar-refractivity contribution is 6.30. The molecule has 0 unspecified atom stereocenters. The van der Waals surface area contributed by atoms with Crippen LogP contribution in [-0.4, -0.2) is 20.8 Å². The lowest BCUT2D eigenvalue weighted by Gasteiger charge is -2.08. The normalized spacial score (nSPS) is 11.1. The van der Waals surface area contributed by atoms with Crippen molar-refractivity contribution >= 4 is 11.6 Å². The third kappa shape index (κ3) is 3.28. The number of hydrogen-bond acceptors (Lipinski definition) is 3. The Morgan fingerprint density at radius 1 is 1.47 bits per heavy atom. The van der Waals surface area contributed by atoms with Gasteiger partial charge in [0.05, 0.1) is 22.6 Å². The maximum Gasteiger partial charge on any atom is 0.0790 e. The molecule has 0 amide bonds. The summed E-state index contributed by atoms with van der Waals surface area (Å²) in [5.41, 5.74) is 1.95. The summed E-state index contributed by atoms with van der Waals surface area (Å²) < 4.78 is 1.74. The number of aromatic nitrogens is 3. The Hall–Kier alpha value is -1.39. The quantitative estimate of drug-likeness (QED) is 0.906. The molecule has 0 saturated carbocycles. The van der Waals surface area contributed by atoms with Crippen LogP contribution in [0.1, 0.15) is 19.5 Å². The van der Waals surface area contributed by atoms with E-state index < -0.39 is 0 Å². The van der Waals surface area contributed by atoms with Gasteiger partial charge in [-0.05, 0) is 12.1 Å². The van der Waals surface area contributed by atoms with E-state index in [4.69, 9.17) is 11.6 Å². The fraction of sp³-hybridized carbons (Fsp3) is 0.333. The molecule has 0 aliphatic heterocycles. The molecule has 5 heteroatoms. The van der Waals surface area contributed by atoms with Gasteiger partial charge in [-0.15, -0.1) is 0 Å². The molecular weight excluding hydrogens is 236 g/mol. The Balaban J connectivity index is 2.16. The van der Waals surface area contributed by atoms with Crippen molar-refractivity contribution in [2.45, 2.75) is 26.4 Å². The van der Waals surface area contributed by atoms with Crippen LogP contribution in [0.2, 0.25) is 5.02 Å². The fourth-order valence-corrected chi connectivity index (χ4v) is 1.59. The SMILES string of the molecule is CC(C)NCc1cc(-n2cc(Cl)cn2)ccn1. The van der Waals surface area contributed by atoms with Crippen molar-refractivity contribution in [2.75, 3.05) is 0 Å². The van der Waals surface area contributed by atoms with Crippen molar-refractivity contribution in [3.8, 4) is 5.69 Å². The molecule has 2 rings (SSSR count). The average Bonchev–Trinajstić information content (AvgIpc) is 2.74. The summed E-state index contributed by atoms with van der Waals surface area (Å²) in [6, 6.07) is 4.35. The van der Waals surface area contributed by atoms with Crippen LogP contribution in [-0.2, 0) is 6.54 Å². The molecule has 0 aliphatic carbocycles. The van der Waals surface area contributed by atoms with E-state index in [0.29, 0.717) is 11.1 Å². The smallest absolute Gasteiger partial charge is 0.0790 e. The number of halogens is 1. The van der Waals surface area contributed by atoms with E-state index in [9.17, 15) is 0 Å². The van der Waals surface area contributed by atoms with Crippen molar-refractivity contribution in [2.24, 2.45) is 0 Å². The second kappa shape index (κ2) is 5.29. The molecule has 0 bridgehead atoms. The molecular formula is C12H15ClN4. The van der Waals surface area contributed by atoms with Crippen LogP contribution >= 0.6 is 11.6 Å². The number of rotatable bonds is 4. The highest BCUT2D eigenvalue weighted by Gasteiger charge is 2.02. The second-order valence-corrected chi connectivity index (χ2v) is 4.58. The molecule has 2 heterocycles. The maximum atomic E-state index is 5.84. The van der Waals surface area contributed by atoms with Gasteiger partial charge >= 0.3 is 0 Å². The van der Waals surface area contributed by atoms with Crippen molar-refractivity contribution in [1.29, 1.82) is 0 Å². The molecule has 0 atom stereocenters. The number of pyridine rings is 1. The Morgan fingerprint density at radius 2 is 2.29 bits per heavy atom. The van der Waals surface area contributed by atoms with Crippen LogP contribution < -0.4 is 5.32 Å². The molecule has 90 valence electrons. The highest BCUT2D eigenvalue weighted by Crippen LogP contribution is 2.12. The van der Waals surface area contributed by atoms with Gasteiger partial charge in [-0.2, -0.15) is 5.10 Å². The molecule has 0 radical (unpaired) electrons. The zero-order valence-electron chi connectivity index (χ0n) is 9.89. The van der Waals surface area contributed by atoms with E-state index in [2.05, 4.69) is 29.2 Å². The number of nitrogens with zero attached hydrogens (tertiary/aromatic N) is 3. The van der Waals surface area contributed by atoms with Crippen LogP contribution in [0, 0.1) is 0 Å². The third-order valence-electron chi connectivity index (χ3n) is 2.31. The van der Waals surface area contributed by atoms with E-state index in [0.717, 1.165) is 17.9 Å². The third-order valence-corrected chi connectivity index (χ3v) is 2.50. The standard InChI is InChI=1S/C12H15ClN4/c1-9(2)15-7-11-5-12(3-4-14-11)17-8-10(13)6-16-17/h3-6,8-9,15H,7H2,1-2H3. The highest BCUT2D eigenvalue weighted by atomic mass is 35.5. The zero-order chi connectivity index (χ0) is 12.3. The molecule has 4 nitrogen and oxygen atoms in total. The molecule has 17 heavy (non-hydrogen) atoms. The first-order chi connectivity index (χ1) is 8.15. The van der Waals surface area contributed by atoms with Crippen LogP contribution in [0.5, 0.6) is 0 Å². The Morgan fingerprint density at radius 3 is 2.94 bits per heavy atom. The van der Waals surface area contributed by atoms with Gasteiger partial charge in [-0.25, -0.2) is 4.68 Å². The summed E-state index contributed by atoms with van der Waals surface area (Å²) >= 11 is 5.84. The number of nitrogens with one attached hydrogen (secondary N) is 1. The van der Waals surface area contributed by atoms with Crippen LogP contribution in [0.15, 0.2) is 30.7 Å². The molecule has 2 aromatic rings. The van der Waals surface area contributed by atoms with Crippen LogP contribution in [0.3, 0.4) is 0 Å². The lowest BCUT2D eigenvalue weighted by atomic mass is 10.3. The van der Waals surface area contributed by atoms with Gasteiger partial charge in [0.2, 0.25) is 0 Å². The van der Waals surface area contributed by atoms with Crippen molar-refractivity contribution in [3.05, 3.63) is 41.4 Å². The molecule has 0 fully saturated rings. The largest absolute Gasteiger partial charge is 0.309 e. The van der Waals surface area contributed by atoms with E-state index in [-0.39, 0.29) is 0 Å². The van der Waals surface area contributed by atoms with E-state index in [1.807, 2.05) is 12.1 Å². The molecule has 0 aromatic carbocycles. The minimum Gasteiger partial charge on any atom is -0.309 e. The van der Waals surface area contributed by atoms with Gasteiger partial charge in [0.25, 0.3) is 0 Å². The summed E-state index contributed by atoms with van der Waals surface area (Å²) in [7, 11) is 0. The van der Waals surface area contributed by atoms with E-state index in [1.165, 1.54) is 0 Å². The van der Waals surface area contributed by atoms with E-state index in [1.54, 1.807) is 23.3 Å². The van der Waals surface area contributed by atoms with Crippen molar-refractivity contribution in [3.63, 3.8) is 0 Å². The molecule has 2 aromatic heterocycles. The predicted octanol–water partition coefficient (Wildman–Crippen LogP) is 2.42. The summed E-state index contributed by atoms with van der Waals surface area (Å²) in [5.74, 6) is 0. The average molecular weight is 251 g/mol. The Kier molecular flexibility index (Phi) is 3.76. The summed E-state index contributed by atoms with van der Waals surface area (Å²) in [5, 5.41) is 8.11. The fourth-order valence-electron chi connectivity index (χ4n) is 1.46. The lowest BCUT2D eigenvalue weighted by molar-refractivity contribution is 0.581. The second-order valence-electron chi connectivity index (χ2n) is 4.14. The van der Waals surface area contributed by atoms with E-state index >= 15 is 0 Å². The summed E-state index contributed by atoms with van der Waals surface area (Å²) in [6.45, 7) is 4.97.